The van der Waals surface area contributed by atoms with Crippen molar-refractivity contribution in [2.75, 3.05) is 5.73 Å². The minimum absolute atomic E-state index is 0.00393. The van der Waals surface area contributed by atoms with Gasteiger partial charge in [0.1, 0.15) is 5.52 Å². The molecule has 3 heterocycles. The summed E-state index contributed by atoms with van der Waals surface area (Å²) in [6, 6.07) is 8.65. The Morgan fingerprint density at radius 2 is 2.11 bits per heavy atom. The van der Waals surface area contributed by atoms with Crippen LogP contribution in [0.1, 0.15) is 37.6 Å². The zero-order valence-electron chi connectivity index (χ0n) is 18.8. The smallest absolute Gasteiger partial charge is 0.332 e. The lowest BCUT2D eigenvalue weighted by Gasteiger charge is -2.19. The number of hydrogen-bond donors (Lipinski definition) is 1. The summed E-state index contributed by atoms with van der Waals surface area (Å²) in [5.74, 6) is -1.73. The van der Waals surface area contributed by atoms with E-state index >= 15 is 4.39 Å². The molecule has 4 atom stereocenters. The zero-order valence-corrected chi connectivity index (χ0v) is 18.8. The van der Waals surface area contributed by atoms with E-state index in [1.165, 1.54) is 17.7 Å². The average molecular weight is 484 g/mol. The van der Waals surface area contributed by atoms with Crippen LogP contribution in [-0.4, -0.2) is 49.6 Å². The van der Waals surface area contributed by atoms with Gasteiger partial charge in [0, 0.05) is 13.3 Å². The summed E-state index contributed by atoms with van der Waals surface area (Å²) >= 11 is 0. The fourth-order valence-electron chi connectivity index (χ4n) is 3.81. The lowest BCUT2D eigenvalue weighted by molar-refractivity contribution is -0.188. The van der Waals surface area contributed by atoms with Gasteiger partial charge in [-0.25, -0.2) is 18.7 Å². The summed E-state index contributed by atoms with van der Waals surface area (Å²) in [5.41, 5.74) is 6.31. The van der Waals surface area contributed by atoms with Crippen molar-refractivity contribution in [2.45, 2.75) is 51.6 Å². The highest BCUT2D eigenvalue weighted by molar-refractivity contribution is 5.72. The van der Waals surface area contributed by atoms with Crippen molar-refractivity contribution in [1.82, 2.24) is 19.1 Å². The van der Waals surface area contributed by atoms with E-state index in [0.717, 1.165) is 11.5 Å². The first-order valence-electron chi connectivity index (χ1n) is 10.6. The Morgan fingerprint density at radius 1 is 1.34 bits per heavy atom. The third-order valence-electron chi connectivity index (χ3n) is 5.34. The Balaban J connectivity index is 1.84. The molecule has 1 fully saturated rings. The second-order valence-corrected chi connectivity index (χ2v) is 7.74. The lowest BCUT2D eigenvalue weighted by atomic mass is 10.1. The number of nitrogen functional groups attached to an aromatic ring is 1. The second kappa shape index (κ2) is 9.51. The lowest BCUT2D eigenvalue weighted by Crippen LogP contribution is -2.37. The topological polar surface area (TPSA) is 164 Å². The molecule has 1 aromatic carbocycles. The fraction of sp³-hybridized carbons (Fsp3) is 0.364. The monoisotopic (exact) mass is 484 g/mol. The molecule has 182 valence electrons. The summed E-state index contributed by atoms with van der Waals surface area (Å²) in [4.78, 5) is 45.1. The number of anilines is 1. The van der Waals surface area contributed by atoms with E-state index in [1.54, 1.807) is 24.3 Å². The number of ether oxygens (including phenoxy) is 3. The van der Waals surface area contributed by atoms with Crippen molar-refractivity contribution in [1.29, 1.82) is 5.26 Å². The standard InChI is InChI=1S/C22H21FN6O6/c1-3-15(31)34-20-16(23)17(33-11(2)30)19(35-20)29-18-14(9-26-21(25)27-18)28(22(29)32)10-13-6-4-5-12(7-13)8-24/h4-7,9,16-17,19-20H,3,10H2,1-2H3,(H2,25,26,27)/t16-,17-,19-,20+/m1/s1. The van der Waals surface area contributed by atoms with Gasteiger partial charge in [-0.05, 0) is 17.7 Å². The van der Waals surface area contributed by atoms with E-state index in [0.29, 0.717) is 11.1 Å². The molecule has 0 bridgehead atoms. The van der Waals surface area contributed by atoms with Gasteiger partial charge >= 0.3 is 17.6 Å². The van der Waals surface area contributed by atoms with Gasteiger partial charge in [-0.2, -0.15) is 10.2 Å². The van der Waals surface area contributed by atoms with Crippen LogP contribution < -0.4 is 11.4 Å². The van der Waals surface area contributed by atoms with E-state index in [4.69, 9.17) is 19.9 Å². The van der Waals surface area contributed by atoms with Gasteiger partial charge in [-0.15, -0.1) is 0 Å². The molecule has 12 nitrogen and oxygen atoms in total. The maximum absolute atomic E-state index is 15.2. The Kier molecular flexibility index (Phi) is 6.48. The van der Waals surface area contributed by atoms with Crippen LogP contribution in [0.2, 0.25) is 0 Å². The van der Waals surface area contributed by atoms with Crippen LogP contribution in [0.25, 0.3) is 11.2 Å². The van der Waals surface area contributed by atoms with Gasteiger partial charge in [-0.1, -0.05) is 19.1 Å². The first-order valence-corrected chi connectivity index (χ1v) is 10.6. The van der Waals surface area contributed by atoms with Gasteiger partial charge in [0.25, 0.3) is 0 Å². The van der Waals surface area contributed by atoms with Crippen molar-refractivity contribution in [2.24, 2.45) is 0 Å². The van der Waals surface area contributed by atoms with E-state index in [9.17, 15) is 19.6 Å². The number of nitrogens with two attached hydrogens (primary N) is 1. The number of carbonyl (C=O) groups excluding carboxylic acids is 2. The first-order chi connectivity index (χ1) is 16.7. The molecule has 4 rings (SSSR count). The molecule has 0 radical (unpaired) electrons. The highest BCUT2D eigenvalue weighted by Gasteiger charge is 2.51. The molecular weight excluding hydrogens is 463 g/mol. The molecule has 0 unspecified atom stereocenters. The van der Waals surface area contributed by atoms with Crippen molar-refractivity contribution < 1.29 is 28.2 Å². The van der Waals surface area contributed by atoms with Crippen LogP contribution in [0.5, 0.6) is 0 Å². The number of esters is 2. The third kappa shape index (κ3) is 4.56. The zero-order chi connectivity index (χ0) is 25.3. The molecule has 0 saturated carbocycles. The van der Waals surface area contributed by atoms with Gasteiger partial charge in [0.05, 0.1) is 24.4 Å². The Morgan fingerprint density at radius 3 is 2.80 bits per heavy atom. The molecule has 0 aliphatic carbocycles. The molecule has 13 heteroatoms. The largest absolute Gasteiger partial charge is 0.454 e. The number of alkyl halides is 1. The van der Waals surface area contributed by atoms with E-state index in [2.05, 4.69) is 9.97 Å². The SMILES string of the molecule is CCC(=O)O[C@H]1O[C@@H](n2c(=O)n(Cc3cccc(C#N)c3)c3cnc(N)nc32)[C@H](OC(C)=O)[C@H]1F. The maximum atomic E-state index is 15.2. The summed E-state index contributed by atoms with van der Waals surface area (Å²) < 4.78 is 33.2. The van der Waals surface area contributed by atoms with Crippen LogP contribution in [0.15, 0.2) is 35.3 Å². The Hall–Kier alpha value is -4.31. The van der Waals surface area contributed by atoms with E-state index < -0.39 is 42.4 Å². The number of halogens is 1. The number of rotatable bonds is 6. The molecule has 1 aliphatic heterocycles. The van der Waals surface area contributed by atoms with Gasteiger partial charge < -0.3 is 19.9 Å². The van der Waals surface area contributed by atoms with Crippen molar-refractivity contribution in [3.05, 3.63) is 52.1 Å². The summed E-state index contributed by atoms with van der Waals surface area (Å²) in [6.07, 6.45) is -5.64. The summed E-state index contributed by atoms with van der Waals surface area (Å²) in [7, 11) is 0. The van der Waals surface area contributed by atoms with Gasteiger partial charge in [0.15, 0.2) is 18.0 Å². The number of hydrogen-bond acceptors (Lipinski definition) is 10. The highest BCUT2D eigenvalue weighted by Crippen LogP contribution is 2.35. The van der Waals surface area contributed by atoms with Crippen molar-refractivity contribution in [3.8, 4) is 6.07 Å². The molecule has 2 aromatic heterocycles. The number of aromatic nitrogens is 4. The third-order valence-corrected chi connectivity index (χ3v) is 5.34. The summed E-state index contributed by atoms with van der Waals surface area (Å²) in [5, 5.41) is 9.18. The van der Waals surface area contributed by atoms with Gasteiger partial charge in [0.2, 0.25) is 18.4 Å². The molecule has 1 aliphatic rings. The number of nitriles is 1. The predicted molar refractivity (Wildman–Crippen MR) is 117 cm³/mol. The predicted octanol–water partition coefficient (Wildman–Crippen LogP) is 1.17. The molecule has 1 saturated heterocycles. The fourth-order valence-corrected chi connectivity index (χ4v) is 3.81. The quantitative estimate of drug-likeness (QED) is 0.502. The van der Waals surface area contributed by atoms with E-state index in [-0.39, 0.29) is 30.1 Å². The van der Waals surface area contributed by atoms with E-state index in [1.807, 2.05) is 6.07 Å². The average Bonchev–Trinajstić information content (AvgIpc) is 3.26. The number of benzene rings is 1. The number of fused-ring (bicyclic) bond motifs is 1. The van der Waals surface area contributed by atoms with Crippen molar-refractivity contribution >= 4 is 29.1 Å². The molecular formula is C22H21FN6O6. The first kappa shape index (κ1) is 23.8. The van der Waals surface area contributed by atoms with Crippen LogP contribution in [0.4, 0.5) is 10.3 Å². The second-order valence-electron chi connectivity index (χ2n) is 7.74. The highest BCUT2D eigenvalue weighted by atomic mass is 19.1. The van der Waals surface area contributed by atoms with Crippen LogP contribution in [-0.2, 0) is 30.3 Å². The Labute approximate surface area is 197 Å². The molecule has 3 aromatic rings. The van der Waals surface area contributed by atoms with Crippen LogP contribution in [0.3, 0.4) is 0 Å². The van der Waals surface area contributed by atoms with Gasteiger partial charge in [-0.3, -0.25) is 14.2 Å². The van der Waals surface area contributed by atoms with Crippen LogP contribution >= 0.6 is 0 Å². The minimum Gasteiger partial charge on any atom is -0.454 e. The molecule has 0 amide bonds. The van der Waals surface area contributed by atoms with Crippen LogP contribution in [0, 0.1) is 11.3 Å². The normalized spacial score (nSPS) is 21.5. The molecule has 35 heavy (non-hydrogen) atoms. The maximum Gasteiger partial charge on any atom is 0.332 e. The molecule has 2 N–H and O–H groups in total. The number of carbonyl (C=O) groups is 2. The minimum atomic E-state index is -2.07. The number of imidazole rings is 1. The number of nitrogens with zero attached hydrogens (tertiary/aromatic N) is 5. The Bertz CT molecular complexity index is 1400. The van der Waals surface area contributed by atoms with Crippen molar-refractivity contribution in [3.63, 3.8) is 0 Å². The summed E-state index contributed by atoms with van der Waals surface area (Å²) in [6.45, 7) is 2.61. The molecule has 0 spiro atoms.